The summed E-state index contributed by atoms with van der Waals surface area (Å²) in [4.78, 5) is 0. The lowest BCUT2D eigenvalue weighted by molar-refractivity contribution is 0.239. The van der Waals surface area contributed by atoms with E-state index in [0.29, 0.717) is 5.92 Å². The Morgan fingerprint density at radius 3 is 2.56 bits per heavy atom. The molecular weight excluding hydrogens is 218 g/mol. The zero-order valence-corrected chi connectivity index (χ0v) is 11.6. The van der Waals surface area contributed by atoms with Gasteiger partial charge < -0.3 is 5.73 Å². The highest BCUT2D eigenvalue weighted by Crippen LogP contribution is 2.36. The van der Waals surface area contributed by atoms with Gasteiger partial charge in [-0.3, -0.25) is 0 Å². The molecule has 1 heteroatoms. The summed E-state index contributed by atoms with van der Waals surface area (Å²) in [5, 5.41) is 0. The quantitative estimate of drug-likeness (QED) is 0.820. The van der Waals surface area contributed by atoms with E-state index in [-0.39, 0.29) is 0 Å². The third-order valence-corrected chi connectivity index (χ3v) is 4.64. The molecule has 0 amide bonds. The molecule has 1 nitrogen and oxygen atoms in total. The molecule has 0 radical (unpaired) electrons. The molecule has 1 fully saturated rings. The summed E-state index contributed by atoms with van der Waals surface area (Å²) in [6.45, 7) is 3.13. The minimum Gasteiger partial charge on any atom is -0.330 e. The molecule has 0 heterocycles. The van der Waals surface area contributed by atoms with Crippen LogP contribution in [0.4, 0.5) is 0 Å². The van der Waals surface area contributed by atoms with E-state index in [9.17, 15) is 0 Å². The summed E-state index contributed by atoms with van der Waals surface area (Å²) in [5.74, 6) is 2.43. The molecule has 2 rings (SSSR count). The predicted molar refractivity (Wildman–Crippen MR) is 78.6 cm³/mol. The van der Waals surface area contributed by atoms with Crippen LogP contribution in [-0.2, 0) is 0 Å². The van der Waals surface area contributed by atoms with Crippen LogP contribution in [0, 0.1) is 11.8 Å². The van der Waals surface area contributed by atoms with Gasteiger partial charge in [0, 0.05) is 0 Å². The third-order valence-electron chi connectivity index (χ3n) is 4.64. The van der Waals surface area contributed by atoms with Gasteiger partial charge in [-0.15, -0.1) is 0 Å². The Hall–Kier alpha value is -0.820. The largest absolute Gasteiger partial charge is 0.330 e. The summed E-state index contributed by atoms with van der Waals surface area (Å²) in [6, 6.07) is 10.8. The zero-order valence-electron chi connectivity index (χ0n) is 11.6. The summed E-state index contributed by atoms with van der Waals surface area (Å²) in [7, 11) is 0. The Labute approximate surface area is 112 Å². The maximum absolute atomic E-state index is 5.99. The first-order valence-corrected chi connectivity index (χ1v) is 7.58. The van der Waals surface area contributed by atoms with Gasteiger partial charge in [-0.05, 0) is 42.7 Å². The number of benzene rings is 1. The fourth-order valence-corrected chi connectivity index (χ4v) is 3.48. The smallest absolute Gasteiger partial charge is 0.000813 e. The van der Waals surface area contributed by atoms with Gasteiger partial charge in [0.15, 0.2) is 0 Å². The molecule has 1 aromatic carbocycles. The average molecular weight is 245 g/mol. The van der Waals surface area contributed by atoms with Crippen molar-refractivity contribution in [1.29, 1.82) is 0 Å². The molecule has 0 saturated heterocycles. The van der Waals surface area contributed by atoms with Crippen LogP contribution >= 0.6 is 0 Å². The van der Waals surface area contributed by atoms with E-state index in [0.717, 1.165) is 18.4 Å². The fourth-order valence-electron chi connectivity index (χ4n) is 3.48. The van der Waals surface area contributed by atoms with Crippen LogP contribution in [0.1, 0.15) is 56.9 Å². The molecule has 0 spiro atoms. The zero-order chi connectivity index (χ0) is 12.8. The van der Waals surface area contributed by atoms with Gasteiger partial charge in [-0.25, -0.2) is 0 Å². The first kappa shape index (κ1) is 13.6. The Morgan fingerprint density at radius 2 is 1.89 bits per heavy atom. The standard InChI is InChI=1S/C17H27N/c1-2-14-7-6-8-15(11-14)12-17(13-18)16-9-4-3-5-10-16/h3-5,9-10,14-15,17H,2,6-8,11-13,18H2,1H3. The molecular formula is C17H27N. The highest BCUT2D eigenvalue weighted by molar-refractivity contribution is 5.19. The topological polar surface area (TPSA) is 26.0 Å². The van der Waals surface area contributed by atoms with E-state index in [4.69, 9.17) is 5.73 Å². The highest BCUT2D eigenvalue weighted by Gasteiger charge is 2.23. The van der Waals surface area contributed by atoms with Crippen molar-refractivity contribution in [2.75, 3.05) is 6.54 Å². The van der Waals surface area contributed by atoms with Crippen molar-refractivity contribution in [3.8, 4) is 0 Å². The van der Waals surface area contributed by atoms with E-state index < -0.39 is 0 Å². The van der Waals surface area contributed by atoms with Crippen LogP contribution in [0.5, 0.6) is 0 Å². The summed E-state index contributed by atoms with van der Waals surface area (Å²) < 4.78 is 0. The molecule has 0 aliphatic heterocycles. The van der Waals surface area contributed by atoms with Crippen molar-refractivity contribution in [1.82, 2.24) is 0 Å². The highest BCUT2D eigenvalue weighted by atomic mass is 14.5. The second kappa shape index (κ2) is 6.94. The minimum absolute atomic E-state index is 0.562. The molecule has 1 saturated carbocycles. The lowest BCUT2D eigenvalue weighted by Crippen LogP contribution is -2.21. The number of hydrogen-bond donors (Lipinski definition) is 1. The van der Waals surface area contributed by atoms with Crippen molar-refractivity contribution in [3.05, 3.63) is 35.9 Å². The molecule has 2 N–H and O–H groups in total. The van der Waals surface area contributed by atoms with Crippen molar-refractivity contribution in [3.63, 3.8) is 0 Å². The van der Waals surface area contributed by atoms with E-state index in [1.807, 2.05) is 0 Å². The first-order valence-electron chi connectivity index (χ1n) is 7.58. The van der Waals surface area contributed by atoms with E-state index in [1.54, 1.807) is 0 Å². The second-order valence-corrected chi connectivity index (χ2v) is 5.89. The average Bonchev–Trinajstić information content (AvgIpc) is 2.46. The molecule has 100 valence electrons. The molecule has 3 unspecified atom stereocenters. The van der Waals surface area contributed by atoms with Gasteiger partial charge in [-0.1, -0.05) is 62.9 Å². The molecule has 3 atom stereocenters. The third kappa shape index (κ3) is 3.58. The Kier molecular flexibility index (Phi) is 5.25. The Balaban J connectivity index is 1.94. The van der Waals surface area contributed by atoms with E-state index >= 15 is 0 Å². The summed E-state index contributed by atoms with van der Waals surface area (Å²) >= 11 is 0. The monoisotopic (exact) mass is 245 g/mol. The van der Waals surface area contributed by atoms with Gasteiger partial charge in [0.05, 0.1) is 0 Å². The predicted octanol–water partition coefficient (Wildman–Crippen LogP) is 4.34. The van der Waals surface area contributed by atoms with Crippen molar-refractivity contribution in [2.45, 2.75) is 51.4 Å². The maximum Gasteiger partial charge on any atom is -0.000813 e. The second-order valence-electron chi connectivity index (χ2n) is 5.89. The van der Waals surface area contributed by atoms with Crippen LogP contribution < -0.4 is 5.73 Å². The van der Waals surface area contributed by atoms with Crippen LogP contribution in [0.3, 0.4) is 0 Å². The van der Waals surface area contributed by atoms with Crippen LogP contribution in [0.15, 0.2) is 30.3 Å². The minimum atomic E-state index is 0.562. The van der Waals surface area contributed by atoms with Crippen LogP contribution in [0.2, 0.25) is 0 Å². The number of hydrogen-bond acceptors (Lipinski definition) is 1. The molecule has 0 aromatic heterocycles. The lowest BCUT2D eigenvalue weighted by Gasteiger charge is -2.31. The van der Waals surface area contributed by atoms with E-state index in [1.165, 1.54) is 44.1 Å². The summed E-state index contributed by atoms with van der Waals surface area (Å²) in [5.41, 5.74) is 7.42. The van der Waals surface area contributed by atoms with E-state index in [2.05, 4.69) is 37.3 Å². The van der Waals surface area contributed by atoms with Crippen molar-refractivity contribution in [2.24, 2.45) is 17.6 Å². The first-order chi connectivity index (χ1) is 8.83. The Morgan fingerprint density at radius 1 is 1.17 bits per heavy atom. The van der Waals surface area contributed by atoms with Gasteiger partial charge in [-0.2, -0.15) is 0 Å². The number of rotatable bonds is 5. The van der Waals surface area contributed by atoms with Gasteiger partial charge >= 0.3 is 0 Å². The molecule has 0 bridgehead atoms. The summed E-state index contributed by atoms with van der Waals surface area (Å²) in [6.07, 6.45) is 8.37. The van der Waals surface area contributed by atoms with Crippen molar-refractivity contribution < 1.29 is 0 Å². The maximum atomic E-state index is 5.99. The molecule has 1 aliphatic carbocycles. The molecule has 1 aromatic rings. The van der Waals surface area contributed by atoms with Gasteiger partial charge in [0.1, 0.15) is 0 Å². The molecule has 1 aliphatic rings. The normalized spacial score (nSPS) is 25.9. The molecule has 18 heavy (non-hydrogen) atoms. The van der Waals surface area contributed by atoms with Gasteiger partial charge in [0.2, 0.25) is 0 Å². The van der Waals surface area contributed by atoms with Crippen LogP contribution in [-0.4, -0.2) is 6.54 Å². The van der Waals surface area contributed by atoms with Gasteiger partial charge in [0.25, 0.3) is 0 Å². The lowest BCUT2D eigenvalue weighted by atomic mass is 9.75. The Bertz CT molecular complexity index is 333. The number of nitrogens with two attached hydrogens (primary N) is 1. The fraction of sp³-hybridized carbons (Fsp3) is 0.647. The van der Waals surface area contributed by atoms with Crippen molar-refractivity contribution >= 4 is 0 Å². The van der Waals surface area contributed by atoms with Crippen LogP contribution in [0.25, 0.3) is 0 Å². The SMILES string of the molecule is CCC1CCCC(CC(CN)c2ccccc2)C1.